The van der Waals surface area contributed by atoms with E-state index in [1.54, 1.807) is 24.3 Å². The minimum absolute atomic E-state index is 0.00258. The molecule has 0 saturated heterocycles. The van der Waals surface area contributed by atoms with Crippen molar-refractivity contribution in [3.8, 4) is 5.75 Å². The van der Waals surface area contributed by atoms with Crippen molar-refractivity contribution in [2.75, 3.05) is 12.4 Å². The third-order valence-electron chi connectivity index (χ3n) is 2.99. The Morgan fingerprint density at radius 2 is 1.96 bits per heavy atom. The second-order valence-corrected chi connectivity index (χ2v) is 5.95. The zero-order valence-corrected chi connectivity index (χ0v) is 14.9. The van der Waals surface area contributed by atoms with Gasteiger partial charge in [0.25, 0.3) is 5.91 Å². The Bertz CT molecular complexity index is 810. The van der Waals surface area contributed by atoms with Crippen LogP contribution >= 0.6 is 28.1 Å². The molecule has 2 aromatic rings. The minimum atomic E-state index is -1.30. The second kappa shape index (κ2) is 7.89. The molecule has 2 rings (SSSR count). The van der Waals surface area contributed by atoms with Gasteiger partial charge in [-0.25, -0.2) is 0 Å². The summed E-state index contributed by atoms with van der Waals surface area (Å²) in [5.41, 5.74) is 0.727. The molecule has 1 amide bonds. The van der Waals surface area contributed by atoms with E-state index in [0.717, 1.165) is 0 Å². The lowest BCUT2D eigenvalue weighted by Crippen LogP contribution is -2.34. The summed E-state index contributed by atoms with van der Waals surface area (Å²) in [6.45, 7) is 0. The Morgan fingerprint density at radius 3 is 2.62 bits per heavy atom. The van der Waals surface area contributed by atoms with Crippen molar-refractivity contribution >= 4 is 50.8 Å². The van der Waals surface area contributed by atoms with Crippen LogP contribution in [0.5, 0.6) is 5.75 Å². The molecule has 0 radical (unpaired) electrons. The Kier molecular flexibility index (Phi) is 5.88. The molecule has 0 fully saturated rings. The Hall–Kier alpha value is -2.45. The number of anilines is 1. The number of carboxylic acid groups (broad SMARTS) is 1. The molecule has 2 aromatic carbocycles. The number of aromatic carboxylic acids is 1. The molecule has 0 unspecified atom stereocenters. The normalized spacial score (nSPS) is 9.92. The third kappa shape index (κ3) is 4.53. The van der Waals surface area contributed by atoms with E-state index in [0.29, 0.717) is 21.5 Å². The van der Waals surface area contributed by atoms with Gasteiger partial charge >= 0.3 is 0 Å². The van der Waals surface area contributed by atoms with Gasteiger partial charge in [0.1, 0.15) is 5.75 Å². The molecule has 124 valence electrons. The predicted octanol–water partition coefficient (Wildman–Crippen LogP) is 1.95. The summed E-state index contributed by atoms with van der Waals surface area (Å²) < 4.78 is 5.86. The van der Waals surface area contributed by atoms with Crippen molar-refractivity contribution in [3.05, 3.63) is 58.1 Å². The molecule has 8 heteroatoms. The zero-order chi connectivity index (χ0) is 17.7. The molecule has 0 saturated carbocycles. The number of methoxy groups -OCH3 is 1. The fraction of sp³-hybridized carbons (Fsp3) is 0.0625. The van der Waals surface area contributed by atoms with Crippen LogP contribution in [-0.2, 0) is 0 Å². The number of hydrogen-bond donors (Lipinski definition) is 2. The molecule has 0 aliphatic carbocycles. The number of amides is 1. The summed E-state index contributed by atoms with van der Waals surface area (Å²) in [4.78, 5) is 23.2. The average Bonchev–Trinajstić information content (AvgIpc) is 2.54. The van der Waals surface area contributed by atoms with Crippen molar-refractivity contribution in [1.82, 2.24) is 5.32 Å². The number of nitrogens with one attached hydrogen (secondary N) is 2. The number of carboxylic acids is 1. The van der Waals surface area contributed by atoms with Gasteiger partial charge in [0.15, 0.2) is 5.11 Å². The molecular formula is C16H12BrN2O4S-. The molecule has 0 heterocycles. The highest BCUT2D eigenvalue weighted by Gasteiger charge is 2.14. The largest absolute Gasteiger partial charge is 0.545 e. The van der Waals surface area contributed by atoms with Crippen LogP contribution in [0.1, 0.15) is 20.7 Å². The minimum Gasteiger partial charge on any atom is -0.545 e. The zero-order valence-electron chi connectivity index (χ0n) is 12.5. The molecular weight excluding hydrogens is 396 g/mol. The van der Waals surface area contributed by atoms with E-state index < -0.39 is 11.9 Å². The van der Waals surface area contributed by atoms with Crippen LogP contribution in [0.2, 0.25) is 0 Å². The van der Waals surface area contributed by atoms with Gasteiger partial charge in [-0.1, -0.05) is 28.1 Å². The van der Waals surface area contributed by atoms with Crippen LogP contribution in [0, 0.1) is 0 Å². The lowest BCUT2D eigenvalue weighted by atomic mass is 10.2. The van der Waals surface area contributed by atoms with Gasteiger partial charge in [-0.3, -0.25) is 10.1 Å². The molecule has 0 bridgehead atoms. The molecule has 0 atom stereocenters. The van der Waals surface area contributed by atoms with Crippen molar-refractivity contribution in [2.45, 2.75) is 0 Å². The second-order valence-electron chi connectivity index (χ2n) is 4.62. The highest BCUT2D eigenvalue weighted by atomic mass is 79.9. The number of halogens is 1. The molecule has 0 aliphatic rings. The maximum absolute atomic E-state index is 12.3. The van der Waals surface area contributed by atoms with Crippen LogP contribution < -0.4 is 20.5 Å². The first-order valence-electron chi connectivity index (χ1n) is 6.68. The maximum Gasteiger partial charge on any atom is 0.261 e. The third-order valence-corrected chi connectivity index (χ3v) is 3.69. The monoisotopic (exact) mass is 407 g/mol. The first-order valence-corrected chi connectivity index (χ1v) is 7.88. The van der Waals surface area contributed by atoms with Gasteiger partial charge < -0.3 is 20.0 Å². The highest BCUT2D eigenvalue weighted by molar-refractivity contribution is 9.10. The Morgan fingerprint density at radius 1 is 1.21 bits per heavy atom. The molecule has 6 nitrogen and oxygen atoms in total. The van der Waals surface area contributed by atoms with Crippen LogP contribution in [0.4, 0.5) is 5.69 Å². The number of carbonyl (C=O) groups excluding carboxylic acids is 2. The molecule has 0 spiro atoms. The van der Waals surface area contributed by atoms with Gasteiger partial charge in [0.2, 0.25) is 0 Å². The van der Waals surface area contributed by atoms with E-state index in [-0.39, 0.29) is 10.7 Å². The van der Waals surface area contributed by atoms with Crippen LogP contribution in [0.15, 0.2) is 46.9 Å². The number of carbonyl (C=O) groups is 2. The van der Waals surface area contributed by atoms with Gasteiger partial charge in [-0.2, -0.15) is 0 Å². The van der Waals surface area contributed by atoms with Crippen molar-refractivity contribution in [1.29, 1.82) is 0 Å². The van der Waals surface area contributed by atoms with Gasteiger partial charge in [0, 0.05) is 10.2 Å². The standard InChI is InChI=1S/C16H13BrN2O4S/c1-23-13-6-5-10(17)8-12(13)14(20)19-16(24)18-11-4-2-3-9(7-11)15(21)22/h2-8H,1H3,(H,21,22)(H2,18,19,20,24)/p-1. The van der Waals surface area contributed by atoms with Gasteiger partial charge in [-0.05, 0) is 48.1 Å². The summed E-state index contributed by atoms with van der Waals surface area (Å²) >= 11 is 8.36. The maximum atomic E-state index is 12.3. The number of ether oxygens (including phenoxy) is 1. The number of thiocarbonyl (C=S) groups is 1. The van der Waals surface area contributed by atoms with Gasteiger partial charge in [-0.15, -0.1) is 0 Å². The molecule has 0 aliphatic heterocycles. The first-order chi connectivity index (χ1) is 11.4. The SMILES string of the molecule is COc1ccc(Br)cc1C(=O)NC(=S)Nc1cccc(C(=O)[O-])c1. The van der Waals surface area contributed by atoms with Crippen molar-refractivity contribution < 1.29 is 19.4 Å². The van der Waals surface area contributed by atoms with E-state index in [1.165, 1.54) is 25.3 Å². The molecule has 2 N–H and O–H groups in total. The van der Waals surface area contributed by atoms with Crippen LogP contribution in [-0.4, -0.2) is 24.1 Å². The Balaban J connectivity index is 2.10. The number of benzene rings is 2. The van der Waals surface area contributed by atoms with Gasteiger partial charge in [0.05, 0.1) is 18.6 Å². The van der Waals surface area contributed by atoms with Crippen molar-refractivity contribution in [3.63, 3.8) is 0 Å². The number of rotatable bonds is 4. The van der Waals surface area contributed by atoms with E-state index in [1.807, 2.05) is 0 Å². The molecule has 24 heavy (non-hydrogen) atoms. The Labute approximate surface area is 152 Å². The topological polar surface area (TPSA) is 90.5 Å². The first kappa shape index (κ1) is 17.9. The molecule has 0 aromatic heterocycles. The summed E-state index contributed by atoms with van der Waals surface area (Å²) in [6, 6.07) is 10.9. The quantitative estimate of drug-likeness (QED) is 0.752. The highest BCUT2D eigenvalue weighted by Crippen LogP contribution is 2.22. The summed E-state index contributed by atoms with van der Waals surface area (Å²) in [5.74, 6) is -1.35. The van der Waals surface area contributed by atoms with Crippen LogP contribution in [0.25, 0.3) is 0 Å². The summed E-state index contributed by atoms with van der Waals surface area (Å²) in [6.07, 6.45) is 0. The van der Waals surface area contributed by atoms with E-state index in [4.69, 9.17) is 17.0 Å². The average molecular weight is 408 g/mol. The smallest absolute Gasteiger partial charge is 0.261 e. The summed E-state index contributed by atoms with van der Waals surface area (Å²) in [5, 5.41) is 16.1. The van der Waals surface area contributed by atoms with E-state index in [2.05, 4.69) is 26.6 Å². The fourth-order valence-corrected chi connectivity index (χ4v) is 2.49. The predicted molar refractivity (Wildman–Crippen MR) is 95.2 cm³/mol. The van der Waals surface area contributed by atoms with Crippen LogP contribution in [0.3, 0.4) is 0 Å². The fourth-order valence-electron chi connectivity index (χ4n) is 1.91. The van der Waals surface area contributed by atoms with E-state index in [9.17, 15) is 14.7 Å². The van der Waals surface area contributed by atoms with E-state index >= 15 is 0 Å². The summed E-state index contributed by atoms with van der Waals surface area (Å²) in [7, 11) is 1.46. The van der Waals surface area contributed by atoms with Crippen molar-refractivity contribution in [2.24, 2.45) is 0 Å². The number of hydrogen-bond acceptors (Lipinski definition) is 5. The lowest BCUT2D eigenvalue weighted by molar-refractivity contribution is -0.255. The lowest BCUT2D eigenvalue weighted by Gasteiger charge is -2.13.